The van der Waals surface area contributed by atoms with Gasteiger partial charge in [-0.15, -0.1) is 10.2 Å². The van der Waals surface area contributed by atoms with E-state index in [1.165, 1.54) is 0 Å². The molecule has 0 saturated heterocycles. The Kier molecular flexibility index (Phi) is 4.80. The molecule has 0 radical (unpaired) electrons. The SMILES string of the molecule is COc1cccc(C2=Nn3c(nnc3-c3cc(-c4cccc(Cl)c4)n[nH]3)SC2C)c1. The molecule has 0 amide bonds. The van der Waals surface area contributed by atoms with Gasteiger partial charge in [0.05, 0.1) is 23.8 Å². The number of hydrogen-bond acceptors (Lipinski definition) is 6. The summed E-state index contributed by atoms with van der Waals surface area (Å²) in [5.74, 6) is 1.40. The molecule has 0 fully saturated rings. The first-order valence-electron chi connectivity index (χ1n) is 9.29. The second-order valence-electron chi connectivity index (χ2n) is 6.77. The maximum Gasteiger partial charge on any atom is 0.213 e. The number of H-pyrrole nitrogens is 1. The lowest BCUT2D eigenvalue weighted by molar-refractivity contribution is 0.414. The molecule has 1 N–H and O–H groups in total. The lowest BCUT2D eigenvalue weighted by atomic mass is 10.1. The third-order valence-corrected chi connectivity index (χ3v) is 6.07. The van der Waals surface area contributed by atoms with Gasteiger partial charge in [-0.1, -0.05) is 47.6 Å². The van der Waals surface area contributed by atoms with Crippen LogP contribution in [0.4, 0.5) is 0 Å². The van der Waals surface area contributed by atoms with Crippen LogP contribution in [-0.2, 0) is 0 Å². The molecule has 1 atom stereocenters. The van der Waals surface area contributed by atoms with Crippen LogP contribution in [0.2, 0.25) is 5.02 Å². The van der Waals surface area contributed by atoms with E-state index in [4.69, 9.17) is 21.4 Å². The summed E-state index contributed by atoms with van der Waals surface area (Å²) in [5.41, 5.74) is 4.36. The Hall–Kier alpha value is -3.10. The van der Waals surface area contributed by atoms with Crippen molar-refractivity contribution in [1.82, 2.24) is 25.1 Å². The number of ether oxygens (including phenoxy) is 1. The van der Waals surface area contributed by atoms with Gasteiger partial charge in [-0.2, -0.15) is 14.9 Å². The number of methoxy groups -OCH3 is 1. The molecule has 2 aromatic heterocycles. The van der Waals surface area contributed by atoms with Gasteiger partial charge >= 0.3 is 0 Å². The topological polar surface area (TPSA) is 81.0 Å². The zero-order valence-electron chi connectivity index (χ0n) is 16.2. The highest BCUT2D eigenvalue weighted by atomic mass is 35.5. The smallest absolute Gasteiger partial charge is 0.213 e. The largest absolute Gasteiger partial charge is 0.497 e. The van der Waals surface area contributed by atoms with Crippen LogP contribution in [0.5, 0.6) is 5.75 Å². The van der Waals surface area contributed by atoms with E-state index in [0.717, 1.165) is 39.1 Å². The predicted molar refractivity (Wildman–Crippen MR) is 118 cm³/mol. The van der Waals surface area contributed by atoms with E-state index in [2.05, 4.69) is 27.3 Å². The maximum atomic E-state index is 6.11. The third kappa shape index (κ3) is 3.38. The lowest BCUT2D eigenvalue weighted by Gasteiger charge is -2.20. The van der Waals surface area contributed by atoms with E-state index in [9.17, 15) is 0 Å². The van der Waals surface area contributed by atoms with Gasteiger partial charge in [-0.3, -0.25) is 5.10 Å². The van der Waals surface area contributed by atoms with Gasteiger partial charge in [0.25, 0.3) is 0 Å². The van der Waals surface area contributed by atoms with Crippen LogP contribution in [0.3, 0.4) is 0 Å². The van der Waals surface area contributed by atoms with Crippen molar-refractivity contribution in [3.05, 3.63) is 65.2 Å². The zero-order chi connectivity index (χ0) is 20.7. The highest BCUT2D eigenvalue weighted by molar-refractivity contribution is 8.00. The Balaban J connectivity index is 1.55. The quantitative estimate of drug-likeness (QED) is 0.499. The first-order chi connectivity index (χ1) is 14.6. The van der Waals surface area contributed by atoms with Crippen molar-refractivity contribution < 1.29 is 4.74 Å². The Morgan fingerprint density at radius 1 is 1.07 bits per heavy atom. The maximum absolute atomic E-state index is 6.11. The molecule has 2 aromatic carbocycles. The lowest BCUT2D eigenvalue weighted by Crippen LogP contribution is -2.21. The van der Waals surface area contributed by atoms with Crippen LogP contribution < -0.4 is 4.74 Å². The molecular weight excluding hydrogens is 420 g/mol. The molecule has 5 rings (SSSR count). The second-order valence-corrected chi connectivity index (χ2v) is 8.52. The molecule has 3 heterocycles. The average molecular weight is 437 g/mol. The van der Waals surface area contributed by atoms with Crippen molar-refractivity contribution in [2.24, 2.45) is 5.10 Å². The van der Waals surface area contributed by atoms with E-state index in [1.54, 1.807) is 23.5 Å². The normalized spacial score (nSPS) is 15.6. The molecule has 0 spiro atoms. The van der Waals surface area contributed by atoms with E-state index >= 15 is 0 Å². The monoisotopic (exact) mass is 436 g/mol. The van der Waals surface area contributed by atoms with E-state index in [0.29, 0.717) is 10.8 Å². The number of benzene rings is 2. The van der Waals surface area contributed by atoms with Gasteiger partial charge in [0, 0.05) is 16.1 Å². The third-order valence-electron chi connectivity index (χ3n) is 4.79. The fourth-order valence-electron chi connectivity index (χ4n) is 3.31. The van der Waals surface area contributed by atoms with Gasteiger partial charge in [-0.05, 0) is 37.3 Å². The van der Waals surface area contributed by atoms with Crippen molar-refractivity contribution >= 4 is 29.1 Å². The van der Waals surface area contributed by atoms with Gasteiger partial charge in [0.2, 0.25) is 11.0 Å². The molecule has 1 aliphatic rings. The number of halogens is 1. The van der Waals surface area contributed by atoms with Crippen LogP contribution in [0, 0.1) is 0 Å². The van der Waals surface area contributed by atoms with Crippen LogP contribution in [0.25, 0.3) is 22.8 Å². The summed E-state index contributed by atoms with van der Waals surface area (Å²) in [4.78, 5) is 0. The predicted octanol–water partition coefficient (Wildman–Crippen LogP) is 4.74. The molecule has 9 heteroatoms. The Bertz CT molecular complexity index is 1260. The van der Waals surface area contributed by atoms with E-state index in [1.807, 2.05) is 54.6 Å². The van der Waals surface area contributed by atoms with Gasteiger partial charge in [0.15, 0.2) is 0 Å². The van der Waals surface area contributed by atoms with Crippen molar-refractivity contribution in [1.29, 1.82) is 0 Å². The summed E-state index contributed by atoms with van der Waals surface area (Å²) in [6, 6.07) is 17.4. The summed E-state index contributed by atoms with van der Waals surface area (Å²) in [6.45, 7) is 2.11. The molecule has 0 bridgehead atoms. The van der Waals surface area contributed by atoms with Crippen LogP contribution in [0.1, 0.15) is 12.5 Å². The van der Waals surface area contributed by atoms with Gasteiger partial charge in [0.1, 0.15) is 11.4 Å². The number of aromatic amines is 1. The number of thioether (sulfide) groups is 1. The highest BCUT2D eigenvalue weighted by Gasteiger charge is 2.27. The van der Waals surface area contributed by atoms with Crippen LogP contribution in [-0.4, -0.2) is 43.1 Å². The van der Waals surface area contributed by atoms with Crippen molar-refractivity contribution in [3.63, 3.8) is 0 Å². The van der Waals surface area contributed by atoms with Crippen molar-refractivity contribution in [3.8, 4) is 28.5 Å². The molecule has 7 nitrogen and oxygen atoms in total. The number of nitrogens with zero attached hydrogens (tertiary/aromatic N) is 5. The average Bonchev–Trinajstić information content (AvgIpc) is 3.40. The Morgan fingerprint density at radius 3 is 2.73 bits per heavy atom. The highest BCUT2D eigenvalue weighted by Crippen LogP contribution is 2.33. The number of nitrogens with one attached hydrogen (secondary N) is 1. The van der Waals surface area contributed by atoms with Gasteiger partial charge in [-0.25, -0.2) is 0 Å². The second kappa shape index (κ2) is 7.62. The molecule has 150 valence electrons. The Labute approximate surface area is 182 Å². The number of aromatic nitrogens is 5. The Morgan fingerprint density at radius 2 is 1.90 bits per heavy atom. The van der Waals surface area contributed by atoms with Crippen molar-refractivity contribution in [2.45, 2.75) is 17.3 Å². The number of rotatable bonds is 4. The summed E-state index contributed by atoms with van der Waals surface area (Å²) < 4.78 is 7.12. The van der Waals surface area contributed by atoms with Crippen LogP contribution in [0.15, 0.2) is 64.9 Å². The minimum atomic E-state index is 0.130. The zero-order valence-corrected chi connectivity index (χ0v) is 17.8. The molecule has 1 aliphatic heterocycles. The number of fused-ring (bicyclic) bond motifs is 1. The molecule has 30 heavy (non-hydrogen) atoms. The van der Waals surface area contributed by atoms with E-state index in [-0.39, 0.29) is 5.25 Å². The molecular formula is C21H17ClN6OS. The summed E-state index contributed by atoms with van der Waals surface area (Å²) in [6.07, 6.45) is 0. The summed E-state index contributed by atoms with van der Waals surface area (Å²) in [7, 11) is 1.66. The standard InChI is InChI=1S/C21H17ClN6OS/c1-12-19(14-6-4-8-16(10-14)29-2)27-28-20(25-26-21(28)30-12)18-11-17(23-24-18)13-5-3-7-15(22)9-13/h3-12H,1-2H3,(H,23,24). The summed E-state index contributed by atoms with van der Waals surface area (Å²) >= 11 is 7.73. The first-order valence-corrected chi connectivity index (χ1v) is 10.6. The van der Waals surface area contributed by atoms with E-state index < -0.39 is 0 Å². The fraction of sp³-hybridized carbons (Fsp3) is 0.143. The molecule has 0 saturated carbocycles. The summed E-state index contributed by atoms with van der Waals surface area (Å²) in [5, 5.41) is 22.5. The first kappa shape index (κ1) is 18.9. The van der Waals surface area contributed by atoms with Crippen molar-refractivity contribution in [2.75, 3.05) is 7.11 Å². The minimum absolute atomic E-state index is 0.130. The van der Waals surface area contributed by atoms with Crippen LogP contribution >= 0.6 is 23.4 Å². The van der Waals surface area contributed by atoms with Gasteiger partial charge < -0.3 is 4.74 Å². The molecule has 4 aromatic rings. The molecule has 1 unspecified atom stereocenters. The number of hydrogen-bond donors (Lipinski definition) is 1. The fourth-order valence-corrected chi connectivity index (χ4v) is 4.42. The minimum Gasteiger partial charge on any atom is -0.497 e. The molecule has 0 aliphatic carbocycles.